The van der Waals surface area contributed by atoms with Crippen molar-refractivity contribution in [2.45, 2.75) is 25.8 Å². The van der Waals surface area contributed by atoms with E-state index in [1.165, 1.54) is 11.3 Å². The third-order valence-corrected chi connectivity index (χ3v) is 2.19. The Morgan fingerprint density at radius 3 is 2.46 bits per heavy atom. The smallest absolute Gasteiger partial charge is 0.0434 e. The molecule has 1 heteroatoms. The van der Waals surface area contributed by atoms with Crippen molar-refractivity contribution in [3.05, 3.63) is 47.7 Å². The predicted molar refractivity (Wildman–Crippen MR) is 55.5 cm³/mol. The fourth-order valence-corrected chi connectivity index (χ4v) is 1.54. The number of rotatable bonds is 3. The van der Waals surface area contributed by atoms with Crippen molar-refractivity contribution >= 4 is 0 Å². The highest BCUT2D eigenvalue weighted by atomic mass is 14.9. The topological polar surface area (TPSA) is 12.0 Å². The van der Waals surface area contributed by atoms with Gasteiger partial charge in [-0.15, -0.1) is 0 Å². The molecule has 0 spiro atoms. The molecular formula is C12H15N. The standard InChI is InChI=1S/C12H15N/c1-9(2)13-12-8-11(12)10-6-4-3-5-7-10/h3-9,11,13H,1-2H3. The van der Waals surface area contributed by atoms with Gasteiger partial charge in [-0.3, -0.25) is 0 Å². The van der Waals surface area contributed by atoms with Gasteiger partial charge in [-0.1, -0.05) is 36.4 Å². The van der Waals surface area contributed by atoms with Crippen molar-refractivity contribution in [1.82, 2.24) is 5.32 Å². The molecule has 1 N–H and O–H groups in total. The fraction of sp³-hybridized carbons (Fsp3) is 0.333. The molecule has 0 aromatic heterocycles. The molecule has 0 heterocycles. The Balaban J connectivity index is 1.95. The number of hydrogen-bond donors (Lipinski definition) is 1. The largest absolute Gasteiger partial charge is 0.386 e. The van der Waals surface area contributed by atoms with Gasteiger partial charge in [-0.05, 0) is 19.4 Å². The Labute approximate surface area is 79.5 Å². The monoisotopic (exact) mass is 173 g/mol. The van der Waals surface area contributed by atoms with E-state index >= 15 is 0 Å². The van der Waals surface area contributed by atoms with Crippen LogP contribution in [0.1, 0.15) is 25.3 Å². The molecule has 1 aromatic rings. The Bertz CT molecular complexity index is 311. The van der Waals surface area contributed by atoms with Crippen LogP contribution in [0.3, 0.4) is 0 Å². The van der Waals surface area contributed by atoms with Crippen LogP contribution in [0.15, 0.2) is 42.1 Å². The Kier molecular flexibility index (Phi) is 2.09. The van der Waals surface area contributed by atoms with E-state index in [-0.39, 0.29) is 0 Å². The molecule has 1 aliphatic carbocycles. The lowest BCUT2D eigenvalue weighted by atomic mass is 10.1. The van der Waals surface area contributed by atoms with Crippen molar-refractivity contribution in [3.63, 3.8) is 0 Å². The second-order valence-electron chi connectivity index (χ2n) is 3.81. The maximum Gasteiger partial charge on any atom is 0.0434 e. The van der Waals surface area contributed by atoms with Gasteiger partial charge in [0.05, 0.1) is 0 Å². The Morgan fingerprint density at radius 1 is 1.15 bits per heavy atom. The lowest BCUT2D eigenvalue weighted by Crippen LogP contribution is -2.18. The highest BCUT2D eigenvalue weighted by Crippen LogP contribution is 2.36. The average Bonchev–Trinajstić information content (AvgIpc) is 2.84. The predicted octanol–water partition coefficient (Wildman–Crippen LogP) is 2.67. The molecule has 1 nitrogen and oxygen atoms in total. The van der Waals surface area contributed by atoms with Crippen LogP contribution in [0.25, 0.3) is 0 Å². The summed E-state index contributed by atoms with van der Waals surface area (Å²) in [6, 6.07) is 11.1. The Hall–Kier alpha value is -1.24. The molecule has 0 aliphatic heterocycles. The van der Waals surface area contributed by atoms with E-state index in [0.717, 1.165) is 0 Å². The molecular weight excluding hydrogens is 158 g/mol. The van der Waals surface area contributed by atoms with Gasteiger partial charge in [-0.2, -0.15) is 0 Å². The Morgan fingerprint density at radius 2 is 1.85 bits per heavy atom. The summed E-state index contributed by atoms with van der Waals surface area (Å²) in [4.78, 5) is 0. The van der Waals surface area contributed by atoms with Crippen LogP contribution in [0.4, 0.5) is 0 Å². The summed E-state index contributed by atoms with van der Waals surface area (Å²) in [6.07, 6.45) is 2.27. The zero-order valence-electron chi connectivity index (χ0n) is 8.12. The van der Waals surface area contributed by atoms with Crippen LogP contribution in [0, 0.1) is 0 Å². The van der Waals surface area contributed by atoms with E-state index < -0.39 is 0 Å². The first-order valence-corrected chi connectivity index (χ1v) is 4.80. The van der Waals surface area contributed by atoms with Crippen LogP contribution >= 0.6 is 0 Å². The van der Waals surface area contributed by atoms with Gasteiger partial charge in [0, 0.05) is 17.7 Å². The van der Waals surface area contributed by atoms with Crippen molar-refractivity contribution < 1.29 is 0 Å². The lowest BCUT2D eigenvalue weighted by molar-refractivity contribution is 0.674. The number of benzene rings is 1. The van der Waals surface area contributed by atoms with Gasteiger partial charge in [0.2, 0.25) is 0 Å². The zero-order chi connectivity index (χ0) is 9.26. The van der Waals surface area contributed by atoms with Gasteiger partial charge in [0.25, 0.3) is 0 Å². The molecule has 1 unspecified atom stereocenters. The highest BCUT2D eigenvalue weighted by molar-refractivity contribution is 5.44. The van der Waals surface area contributed by atoms with Gasteiger partial charge >= 0.3 is 0 Å². The quantitative estimate of drug-likeness (QED) is 0.741. The molecule has 0 fully saturated rings. The highest BCUT2D eigenvalue weighted by Gasteiger charge is 2.26. The first-order chi connectivity index (χ1) is 6.27. The minimum atomic E-state index is 0.542. The van der Waals surface area contributed by atoms with Gasteiger partial charge in [-0.25, -0.2) is 0 Å². The summed E-state index contributed by atoms with van der Waals surface area (Å²) < 4.78 is 0. The van der Waals surface area contributed by atoms with Gasteiger partial charge < -0.3 is 5.32 Å². The van der Waals surface area contributed by atoms with Gasteiger partial charge in [0.1, 0.15) is 0 Å². The molecule has 1 aliphatic rings. The molecule has 68 valence electrons. The van der Waals surface area contributed by atoms with Crippen LogP contribution < -0.4 is 5.32 Å². The minimum absolute atomic E-state index is 0.542. The van der Waals surface area contributed by atoms with Gasteiger partial charge in [0.15, 0.2) is 0 Å². The van der Waals surface area contributed by atoms with Crippen LogP contribution in [-0.2, 0) is 0 Å². The molecule has 0 radical (unpaired) electrons. The van der Waals surface area contributed by atoms with Crippen LogP contribution in [-0.4, -0.2) is 6.04 Å². The molecule has 0 saturated carbocycles. The summed E-state index contributed by atoms with van der Waals surface area (Å²) >= 11 is 0. The molecule has 1 atom stereocenters. The van der Waals surface area contributed by atoms with E-state index in [9.17, 15) is 0 Å². The molecule has 2 rings (SSSR count). The molecule has 1 aromatic carbocycles. The second-order valence-corrected chi connectivity index (χ2v) is 3.81. The van der Waals surface area contributed by atoms with Crippen molar-refractivity contribution in [2.24, 2.45) is 0 Å². The van der Waals surface area contributed by atoms with E-state index in [4.69, 9.17) is 0 Å². The fourth-order valence-electron chi connectivity index (χ4n) is 1.54. The van der Waals surface area contributed by atoms with Crippen molar-refractivity contribution in [1.29, 1.82) is 0 Å². The first kappa shape index (κ1) is 8.36. The maximum absolute atomic E-state index is 3.43. The first-order valence-electron chi connectivity index (χ1n) is 4.80. The molecule has 0 saturated heterocycles. The second kappa shape index (κ2) is 3.25. The maximum atomic E-state index is 3.43. The SMILES string of the molecule is CC(C)NC1=CC1c1ccccc1. The lowest BCUT2D eigenvalue weighted by Gasteiger charge is -2.07. The third-order valence-electron chi connectivity index (χ3n) is 2.19. The van der Waals surface area contributed by atoms with E-state index in [0.29, 0.717) is 12.0 Å². The zero-order valence-corrected chi connectivity index (χ0v) is 8.12. The third kappa shape index (κ3) is 1.92. The molecule has 0 amide bonds. The summed E-state index contributed by atoms with van der Waals surface area (Å²) in [5, 5.41) is 3.43. The van der Waals surface area contributed by atoms with E-state index in [1.54, 1.807) is 0 Å². The minimum Gasteiger partial charge on any atom is -0.386 e. The number of nitrogens with one attached hydrogen (secondary N) is 1. The number of hydrogen-bond acceptors (Lipinski definition) is 1. The molecule has 0 bridgehead atoms. The normalized spacial score (nSPS) is 19.9. The van der Waals surface area contributed by atoms with E-state index in [2.05, 4.69) is 55.6 Å². The summed E-state index contributed by atoms with van der Waals surface area (Å²) in [5.41, 5.74) is 2.77. The molecule has 13 heavy (non-hydrogen) atoms. The summed E-state index contributed by atoms with van der Waals surface area (Å²) in [7, 11) is 0. The summed E-state index contributed by atoms with van der Waals surface area (Å²) in [5.74, 6) is 0.559. The summed E-state index contributed by atoms with van der Waals surface area (Å²) in [6.45, 7) is 4.34. The van der Waals surface area contributed by atoms with Crippen LogP contribution in [0.2, 0.25) is 0 Å². The number of allylic oxidation sites excluding steroid dienone is 2. The average molecular weight is 173 g/mol. The van der Waals surface area contributed by atoms with E-state index in [1.807, 2.05) is 0 Å². The van der Waals surface area contributed by atoms with Crippen molar-refractivity contribution in [2.75, 3.05) is 0 Å². The van der Waals surface area contributed by atoms with Crippen molar-refractivity contribution in [3.8, 4) is 0 Å². The van der Waals surface area contributed by atoms with Crippen LogP contribution in [0.5, 0.6) is 0 Å².